The fraction of sp³-hybridized carbons (Fsp3) is 0.824. The van der Waals surface area contributed by atoms with Gasteiger partial charge in [0.15, 0.2) is 0 Å². The summed E-state index contributed by atoms with van der Waals surface area (Å²) in [7, 11) is 0. The minimum Gasteiger partial charge on any atom is -0.550 e. The van der Waals surface area contributed by atoms with Gasteiger partial charge in [0.05, 0.1) is 24.4 Å². The Labute approximate surface area is 314 Å². The number of nitrogens with zero attached hydrogens (tertiary/aromatic N) is 2. The minimum atomic E-state index is -1.08. The molecule has 6 N–H and O–H groups in total. The van der Waals surface area contributed by atoms with E-state index in [1.807, 2.05) is 48.0 Å². The van der Waals surface area contributed by atoms with Gasteiger partial charge in [-0.3, -0.25) is 9.80 Å². The van der Waals surface area contributed by atoms with Gasteiger partial charge in [-0.1, -0.05) is 63.8 Å². The molecule has 0 aliphatic heterocycles. The monoisotopic (exact) mass is 698 g/mol. The Kier molecular flexibility index (Phi) is 39.5. The zero-order chi connectivity index (χ0) is 35.0. The molecule has 0 rings (SSSR count). The number of carbonyl (C=O) groups is 2. The summed E-state index contributed by atoms with van der Waals surface area (Å²) in [6.07, 6.45) is 12.6. The molecule has 0 aliphatic carbocycles. The number of aliphatic carboxylic acids is 2. The third-order valence-corrected chi connectivity index (χ3v) is 7.24. The largest absolute Gasteiger partial charge is 2.00 e. The molecule has 0 spiro atoms. The molecule has 0 amide bonds. The average Bonchev–Trinajstić information content (AvgIpc) is 3.02. The fourth-order valence-electron chi connectivity index (χ4n) is 4.51. The van der Waals surface area contributed by atoms with Crippen LogP contribution in [-0.4, -0.2) is 170 Å². The zero-order valence-corrected chi connectivity index (χ0v) is 32.0. The summed E-state index contributed by atoms with van der Waals surface area (Å²) in [4.78, 5) is 25.1. The van der Waals surface area contributed by atoms with Crippen LogP contribution in [0.25, 0.3) is 0 Å². The molecule has 47 heavy (non-hydrogen) atoms. The molecule has 0 aliphatic rings. The number of carboxylic acids is 2. The number of hydrogen-bond donors (Lipinski definition) is 6. The van der Waals surface area contributed by atoms with Crippen molar-refractivity contribution in [1.82, 2.24) is 20.4 Å². The van der Waals surface area contributed by atoms with Crippen molar-refractivity contribution in [2.24, 2.45) is 0 Å². The van der Waals surface area contributed by atoms with Gasteiger partial charge < -0.3 is 50.9 Å². The van der Waals surface area contributed by atoms with E-state index in [2.05, 4.69) is 24.5 Å². The molecule has 13 heteroatoms. The first-order valence-corrected chi connectivity index (χ1v) is 17.2. The summed E-state index contributed by atoms with van der Waals surface area (Å²) in [6.45, 7) is 13.2. The van der Waals surface area contributed by atoms with E-state index >= 15 is 0 Å². The topological polar surface area (TPSA) is 192 Å². The standard InChI is InChI=1S/2C17H34N2O4.Ca/c2*1-3-5-7-15(20)13-18-10-12-19(11-9-17(22)23)14-16(21)8-6-4-2;/h2*3,5,15-16,18,20-21H,4,6-14H2,1-2H3,(H,22,23);/q;;+2/p-2/b2*5-3+;. The molecule has 0 aromatic heterocycles. The van der Waals surface area contributed by atoms with Crippen LogP contribution in [0.5, 0.6) is 0 Å². The van der Waals surface area contributed by atoms with Crippen LogP contribution in [-0.2, 0) is 9.59 Å². The average molecular weight is 699 g/mol. The van der Waals surface area contributed by atoms with Crippen molar-refractivity contribution in [3.63, 3.8) is 0 Å². The van der Waals surface area contributed by atoms with Gasteiger partial charge in [0.2, 0.25) is 0 Å². The van der Waals surface area contributed by atoms with E-state index in [4.69, 9.17) is 0 Å². The number of carboxylic acid groups (broad SMARTS) is 2. The van der Waals surface area contributed by atoms with E-state index in [-0.39, 0.29) is 50.6 Å². The van der Waals surface area contributed by atoms with E-state index in [9.17, 15) is 40.2 Å². The first kappa shape index (κ1) is 50.7. The van der Waals surface area contributed by atoms with Gasteiger partial charge in [-0.25, -0.2) is 0 Å². The summed E-state index contributed by atoms with van der Waals surface area (Å²) >= 11 is 0. The normalized spacial score (nSPS) is 14.2. The molecule has 0 saturated heterocycles. The number of hydrogen-bond acceptors (Lipinski definition) is 12. The first-order chi connectivity index (χ1) is 22.0. The van der Waals surface area contributed by atoms with E-state index < -0.39 is 36.4 Å². The van der Waals surface area contributed by atoms with Crippen LogP contribution in [0.15, 0.2) is 24.3 Å². The van der Waals surface area contributed by atoms with Crippen LogP contribution >= 0.6 is 0 Å². The summed E-state index contributed by atoms with van der Waals surface area (Å²) in [5.41, 5.74) is 0. The molecule has 272 valence electrons. The van der Waals surface area contributed by atoms with Crippen molar-refractivity contribution < 1.29 is 40.2 Å². The van der Waals surface area contributed by atoms with Crippen molar-refractivity contribution in [2.75, 3.05) is 65.4 Å². The van der Waals surface area contributed by atoms with Crippen LogP contribution < -0.4 is 20.8 Å². The maximum absolute atomic E-state index is 10.6. The van der Waals surface area contributed by atoms with E-state index in [0.29, 0.717) is 78.3 Å². The number of aliphatic hydroxyl groups excluding tert-OH is 4. The van der Waals surface area contributed by atoms with Crippen LogP contribution in [0.4, 0.5) is 0 Å². The van der Waals surface area contributed by atoms with Crippen molar-refractivity contribution in [3.05, 3.63) is 24.3 Å². The second kappa shape index (κ2) is 36.6. The molecule has 0 heterocycles. The third kappa shape index (κ3) is 38.0. The first-order valence-electron chi connectivity index (χ1n) is 17.2. The number of nitrogens with one attached hydrogen (secondary N) is 2. The second-order valence-corrected chi connectivity index (χ2v) is 11.8. The summed E-state index contributed by atoms with van der Waals surface area (Å²) < 4.78 is 0. The number of carbonyl (C=O) groups excluding carboxylic acids is 2. The molecule has 0 radical (unpaired) electrons. The number of aliphatic hydroxyl groups is 4. The SMILES string of the molecule is C/C=C/CC(O)CNCCN(CCC(=O)[O-])CC(O)CCCC.C/C=C/CC(O)CNCCN(CCC(=O)[O-])CC(O)CCCC.[Ca+2]. The Hall–Kier alpha value is -0.640. The Morgan fingerprint density at radius 3 is 1.32 bits per heavy atom. The fourth-order valence-corrected chi connectivity index (χ4v) is 4.51. The molecular weight excluding hydrogens is 632 g/mol. The zero-order valence-electron chi connectivity index (χ0n) is 29.8. The molecule has 12 nitrogen and oxygen atoms in total. The molecular formula is C34H66CaN4O8. The van der Waals surface area contributed by atoms with Crippen LogP contribution in [0, 0.1) is 0 Å². The molecule has 0 saturated carbocycles. The van der Waals surface area contributed by atoms with Crippen molar-refractivity contribution >= 4 is 49.7 Å². The molecule has 0 aromatic rings. The summed E-state index contributed by atoms with van der Waals surface area (Å²) in [5.74, 6) is -2.15. The minimum absolute atomic E-state index is 0. The molecule has 4 unspecified atom stereocenters. The van der Waals surface area contributed by atoms with Gasteiger partial charge in [0, 0.05) is 77.4 Å². The Balaban J connectivity index is -0.000000807. The number of rotatable bonds is 30. The predicted molar refractivity (Wildman–Crippen MR) is 186 cm³/mol. The Bertz CT molecular complexity index is 716. The Morgan fingerprint density at radius 2 is 1.02 bits per heavy atom. The van der Waals surface area contributed by atoms with Gasteiger partial charge >= 0.3 is 37.7 Å². The molecule has 0 aromatic carbocycles. The molecule has 0 bridgehead atoms. The van der Waals surface area contributed by atoms with E-state index in [1.165, 1.54) is 0 Å². The summed E-state index contributed by atoms with van der Waals surface area (Å²) in [6, 6.07) is 0. The van der Waals surface area contributed by atoms with Crippen LogP contribution in [0.3, 0.4) is 0 Å². The number of unbranched alkanes of at least 4 members (excludes halogenated alkanes) is 2. The van der Waals surface area contributed by atoms with Gasteiger partial charge in [-0.05, 0) is 52.4 Å². The quantitative estimate of drug-likeness (QED) is 0.0318. The van der Waals surface area contributed by atoms with Crippen molar-refractivity contribution in [1.29, 1.82) is 0 Å². The van der Waals surface area contributed by atoms with E-state index in [0.717, 1.165) is 38.5 Å². The summed E-state index contributed by atoms with van der Waals surface area (Å²) in [5, 5.41) is 67.0. The Morgan fingerprint density at radius 1 is 0.660 bits per heavy atom. The van der Waals surface area contributed by atoms with Crippen LogP contribution in [0.1, 0.15) is 91.9 Å². The van der Waals surface area contributed by atoms with Gasteiger partial charge in [-0.15, -0.1) is 0 Å². The third-order valence-electron chi connectivity index (χ3n) is 7.24. The predicted octanol–water partition coefficient (Wildman–Crippen LogP) is -0.588. The van der Waals surface area contributed by atoms with E-state index in [1.54, 1.807) is 0 Å². The number of allylic oxidation sites excluding steroid dienone is 2. The maximum Gasteiger partial charge on any atom is 2.00 e. The second-order valence-electron chi connectivity index (χ2n) is 11.8. The smallest absolute Gasteiger partial charge is 0.550 e. The van der Waals surface area contributed by atoms with Gasteiger partial charge in [-0.2, -0.15) is 0 Å². The maximum atomic E-state index is 10.6. The van der Waals surface area contributed by atoms with Gasteiger partial charge in [0.1, 0.15) is 0 Å². The van der Waals surface area contributed by atoms with Crippen molar-refractivity contribution in [2.45, 2.75) is 116 Å². The van der Waals surface area contributed by atoms with Crippen LogP contribution in [0.2, 0.25) is 0 Å². The van der Waals surface area contributed by atoms with Gasteiger partial charge in [0.25, 0.3) is 0 Å². The molecule has 4 atom stereocenters. The molecule has 0 fully saturated rings. The van der Waals surface area contributed by atoms with Crippen molar-refractivity contribution in [3.8, 4) is 0 Å².